The lowest BCUT2D eigenvalue weighted by molar-refractivity contribution is -0.118. The summed E-state index contributed by atoms with van der Waals surface area (Å²) in [5, 5.41) is 2.72. The van der Waals surface area contributed by atoms with Crippen molar-refractivity contribution < 1.29 is 9.59 Å². The van der Waals surface area contributed by atoms with Gasteiger partial charge in [0.25, 0.3) is 5.91 Å². The first-order valence-electron chi connectivity index (χ1n) is 5.71. The molecule has 0 aromatic heterocycles. The van der Waals surface area contributed by atoms with Crippen LogP contribution in [0, 0.1) is 0 Å². The van der Waals surface area contributed by atoms with Crippen molar-refractivity contribution >= 4 is 23.2 Å². The van der Waals surface area contributed by atoms with Gasteiger partial charge in [-0.15, -0.1) is 0 Å². The van der Waals surface area contributed by atoms with Gasteiger partial charge in [-0.2, -0.15) is 0 Å². The van der Waals surface area contributed by atoms with Crippen LogP contribution >= 0.6 is 0 Å². The molecule has 0 heterocycles. The molecule has 0 radical (unpaired) electrons. The van der Waals surface area contributed by atoms with E-state index >= 15 is 0 Å². The number of benzene rings is 1. The lowest BCUT2D eigenvalue weighted by atomic mass is 10.1. The Morgan fingerprint density at radius 2 is 1.67 bits per heavy atom. The smallest absolute Gasteiger partial charge is 0.251 e. The molecule has 18 heavy (non-hydrogen) atoms. The highest BCUT2D eigenvalue weighted by Crippen LogP contribution is 2.13. The van der Waals surface area contributed by atoms with E-state index < -0.39 is 0 Å². The van der Waals surface area contributed by atoms with Crippen LogP contribution in [-0.2, 0) is 4.79 Å². The molecule has 6 nitrogen and oxygen atoms in total. The Balaban J connectivity index is 2.38. The highest BCUT2D eigenvalue weighted by molar-refractivity contribution is 5.96. The Morgan fingerprint density at radius 3 is 2.22 bits per heavy atom. The van der Waals surface area contributed by atoms with Gasteiger partial charge in [-0.25, -0.2) is 0 Å². The van der Waals surface area contributed by atoms with E-state index in [9.17, 15) is 9.59 Å². The number of hydrogen-bond donors (Lipinski definition) is 4. The lowest BCUT2D eigenvalue weighted by Gasteiger charge is -2.06. The standard InChI is InChI=1S/C12H18N4O2/c13-9-5-8(6-10(14)7-9)12(18)16-4-2-1-3-11(15)17/h5-7H,1-4,13-14H2,(H2,15,17)(H,16,18). The molecule has 0 spiro atoms. The zero-order valence-corrected chi connectivity index (χ0v) is 10.1. The number of nitrogen functional groups attached to an aromatic ring is 2. The van der Waals surface area contributed by atoms with Gasteiger partial charge in [0, 0.05) is 29.9 Å². The summed E-state index contributed by atoms with van der Waals surface area (Å²) in [4.78, 5) is 22.2. The highest BCUT2D eigenvalue weighted by Gasteiger charge is 2.06. The van der Waals surface area contributed by atoms with Crippen molar-refractivity contribution in [3.05, 3.63) is 23.8 Å². The molecule has 0 aliphatic heterocycles. The quantitative estimate of drug-likeness (QED) is 0.426. The summed E-state index contributed by atoms with van der Waals surface area (Å²) in [6.45, 7) is 0.487. The molecule has 0 atom stereocenters. The molecular weight excluding hydrogens is 232 g/mol. The zero-order chi connectivity index (χ0) is 13.5. The van der Waals surface area contributed by atoms with Crippen LogP contribution in [0.25, 0.3) is 0 Å². The van der Waals surface area contributed by atoms with Crippen molar-refractivity contribution in [3.8, 4) is 0 Å². The normalized spacial score (nSPS) is 10.0. The van der Waals surface area contributed by atoms with Gasteiger partial charge in [0.1, 0.15) is 0 Å². The van der Waals surface area contributed by atoms with Gasteiger partial charge in [-0.05, 0) is 31.0 Å². The Hall–Kier alpha value is -2.24. The fraction of sp³-hybridized carbons (Fsp3) is 0.333. The van der Waals surface area contributed by atoms with Crippen molar-refractivity contribution in [1.82, 2.24) is 5.32 Å². The van der Waals surface area contributed by atoms with E-state index in [1.807, 2.05) is 0 Å². The summed E-state index contributed by atoms with van der Waals surface area (Å²) in [5.74, 6) is -0.557. The average Bonchev–Trinajstić information content (AvgIpc) is 2.26. The fourth-order valence-electron chi connectivity index (χ4n) is 1.54. The van der Waals surface area contributed by atoms with Crippen LogP contribution in [-0.4, -0.2) is 18.4 Å². The maximum Gasteiger partial charge on any atom is 0.251 e. The van der Waals surface area contributed by atoms with Gasteiger partial charge in [0.2, 0.25) is 5.91 Å². The van der Waals surface area contributed by atoms with Crippen molar-refractivity contribution in [1.29, 1.82) is 0 Å². The van der Waals surface area contributed by atoms with E-state index in [1.165, 1.54) is 0 Å². The third-order valence-electron chi connectivity index (χ3n) is 2.38. The summed E-state index contributed by atoms with van der Waals surface area (Å²) in [5.41, 5.74) is 17.5. The minimum absolute atomic E-state index is 0.229. The largest absolute Gasteiger partial charge is 0.399 e. The number of nitrogens with one attached hydrogen (secondary N) is 1. The second kappa shape index (κ2) is 6.48. The summed E-state index contributed by atoms with van der Waals surface area (Å²) in [6, 6.07) is 4.72. The lowest BCUT2D eigenvalue weighted by Crippen LogP contribution is -2.25. The third-order valence-corrected chi connectivity index (χ3v) is 2.38. The summed E-state index contributed by atoms with van der Waals surface area (Å²) >= 11 is 0. The van der Waals surface area contributed by atoms with Crippen LogP contribution in [0.15, 0.2) is 18.2 Å². The average molecular weight is 250 g/mol. The molecule has 1 aromatic rings. The number of carbonyl (C=O) groups excluding carboxylic acids is 2. The summed E-state index contributed by atoms with van der Waals surface area (Å²) in [6.07, 6.45) is 1.70. The summed E-state index contributed by atoms with van der Waals surface area (Å²) in [7, 11) is 0. The molecule has 7 N–H and O–H groups in total. The predicted octanol–water partition coefficient (Wildman–Crippen LogP) is 0.236. The Labute approximate surface area is 106 Å². The Bertz CT molecular complexity index is 425. The number of primary amides is 1. The van der Waals surface area contributed by atoms with Gasteiger partial charge in [-0.1, -0.05) is 0 Å². The molecule has 98 valence electrons. The van der Waals surface area contributed by atoms with E-state index in [0.29, 0.717) is 42.7 Å². The molecular formula is C12H18N4O2. The van der Waals surface area contributed by atoms with Crippen LogP contribution in [0.1, 0.15) is 29.6 Å². The highest BCUT2D eigenvalue weighted by atomic mass is 16.2. The van der Waals surface area contributed by atoms with Crippen LogP contribution in [0.4, 0.5) is 11.4 Å². The van der Waals surface area contributed by atoms with Crippen LogP contribution in [0.2, 0.25) is 0 Å². The van der Waals surface area contributed by atoms with Crippen molar-refractivity contribution in [2.75, 3.05) is 18.0 Å². The first kappa shape index (κ1) is 13.8. The molecule has 0 saturated carbocycles. The number of nitrogens with two attached hydrogens (primary N) is 3. The number of hydrogen-bond acceptors (Lipinski definition) is 4. The Kier molecular flexibility index (Phi) is 4.98. The second-order valence-corrected chi connectivity index (χ2v) is 4.07. The van der Waals surface area contributed by atoms with E-state index in [2.05, 4.69) is 5.32 Å². The number of rotatable bonds is 6. The molecule has 0 saturated heterocycles. The van der Waals surface area contributed by atoms with Crippen molar-refractivity contribution in [2.45, 2.75) is 19.3 Å². The number of anilines is 2. The molecule has 1 rings (SSSR count). The fourth-order valence-corrected chi connectivity index (χ4v) is 1.54. The number of amides is 2. The topological polar surface area (TPSA) is 124 Å². The minimum atomic E-state index is -0.329. The third kappa shape index (κ3) is 4.73. The first-order valence-corrected chi connectivity index (χ1v) is 5.71. The van der Waals surface area contributed by atoms with Crippen LogP contribution in [0.5, 0.6) is 0 Å². The predicted molar refractivity (Wildman–Crippen MR) is 70.6 cm³/mol. The van der Waals surface area contributed by atoms with Gasteiger partial charge >= 0.3 is 0 Å². The van der Waals surface area contributed by atoms with Gasteiger partial charge in [-0.3, -0.25) is 9.59 Å². The number of unbranched alkanes of at least 4 members (excludes halogenated alkanes) is 1. The van der Waals surface area contributed by atoms with Gasteiger partial charge in [0.15, 0.2) is 0 Å². The zero-order valence-electron chi connectivity index (χ0n) is 10.1. The molecule has 2 amide bonds. The molecule has 0 fully saturated rings. The monoisotopic (exact) mass is 250 g/mol. The minimum Gasteiger partial charge on any atom is -0.399 e. The van der Waals surface area contributed by atoms with Crippen LogP contribution < -0.4 is 22.5 Å². The molecule has 0 unspecified atom stereocenters. The van der Waals surface area contributed by atoms with Gasteiger partial charge in [0.05, 0.1) is 0 Å². The second-order valence-electron chi connectivity index (χ2n) is 4.07. The first-order chi connectivity index (χ1) is 8.49. The van der Waals surface area contributed by atoms with E-state index in [4.69, 9.17) is 17.2 Å². The van der Waals surface area contributed by atoms with E-state index in [-0.39, 0.29) is 11.8 Å². The van der Waals surface area contributed by atoms with Crippen molar-refractivity contribution in [3.63, 3.8) is 0 Å². The van der Waals surface area contributed by atoms with Crippen LogP contribution in [0.3, 0.4) is 0 Å². The Morgan fingerprint density at radius 1 is 1.06 bits per heavy atom. The maximum atomic E-state index is 11.7. The van der Waals surface area contributed by atoms with Gasteiger partial charge < -0.3 is 22.5 Å². The molecule has 0 bridgehead atoms. The summed E-state index contributed by atoms with van der Waals surface area (Å²) < 4.78 is 0. The molecule has 6 heteroatoms. The SMILES string of the molecule is NC(=O)CCCCNC(=O)c1cc(N)cc(N)c1. The maximum absolute atomic E-state index is 11.7. The molecule has 1 aromatic carbocycles. The molecule has 0 aliphatic rings. The number of carbonyl (C=O) groups is 2. The van der Waals surface area contributed by atoms with E-state index in [0.717, 1.165) is 0 Å². The van der Waals surface area contributed by atoms with E-state index in [1.54, 1.807) is 18.2 Å². The van der Waals surface area contributed by atoms with Crippen molar-refractivity contribution in [2.24, 2.45) is 5.73 Å². The molecule has 0 aliphatic carbocycles.